The second-order valence-corrected chi connectivity index (χ2v) is 3.90. The Kier molecular flexibility index (Phi) is 5.43. The molecule has 0 aromatic carbocycles. The van der Waals surface area contributed by atoms with Gasteiger partial charge in [-0.3, -0.25) is 0 Å². The predicted octanol–water partition coefficient (Wildman–Crippen LogP) is 2.32. The number of aryl methyl sites for hydroxylation is 1. The summed E-state index contributed by atoms with van der Waals surface area (Å²) in [6.07, 6.45) is 7.53. The van der Waals surface area contributed by atoms with Crippen molar-refractivity contribution in [3.63, 3.8) is 0 Å². The van der Waals surface area contributed by atoms with Crippen LogP contribution in [0.5, 0.6) is 0 Å². The quantitative estimate of drug-likeness (QED) is 0.702. The van der Waals surface area contributed by atoms with Crippen molar-refractivity contribution in [1.82, 2.24) is 4.57 Å². The molecular weight excluding hydrogens is 188 g/mol. The zero-order chi connectivity index (χ0) is 11.1. The Morgan fingerprint density at radius 1 is 1.47 bits per heavy atom. The van der Waals surface area contributed by atoms with Crippen molar-refractivity contribution in [1.29, 1.82) is 0 Å². The van der Waals surface area contributed by atoms with Crippen molar-refractivity contribution in [3.8, 4) is 0 Å². The zero-order valence-corrected chi connectivity index (χ0v) is 9.78. The normalized spacial score (nSPS) is 13.0. The van der Waals surface area contributed by atoms with Crippen LogP contribution < -0.4 is 5.73 Å². The Bertz CT molecular complexity index is 270. The van der Waals surface area contributed by atoms with E-state index in [9.17, 15) is 0 Å². The number of nitrogens with zero attached hydrogens (tertiary/aromatic N) is 1. The minimum atomic E-state index is 0.185. The molecule has 1 rings (SSSR count). The van der Waals surface area contributed by atoms with E-state index in [2.05, 4.69) is 30.0 Å². The molecule has 86 valence electrons. The minimum Gasteiger partial charge on any atom is -0.385 e. The summed E-state index contributed by atoms with van der Waals surface area (Å²) in [5, 5.41) is 0. The molecule has 15 heavy (non-hydrogen) atoms. The number of methoxy groups -OCH3 is 1. The summed E-state index contributed by atoms with van der Waals surface area (Å²) in [6.45, 7) is 4.02. The number of rotatable bonds is 7. The number of ether oxygens (including phenoxy) is 1. The molecule has 0 spiro atoms. The lowest BCUT2D eigenvalue weighted by Crippen LogP contribution is -2.07. The monoisotopic (exact) mass is 210 g/mol. The van der Waals surface area contributed by atoms with Crippen LogP contribution in [0, 0.1) is 0 Å². The number of hydrogen-bond acceptors (Lipinski definition) is 2. The van der Waals surface area contributed by atoms with Crippen molar-refractivity contribution in [2.24, 2.45) is 5.73 Å². The van der Waals surface area contributed by atoms with Gasteiger partial charge in [-0.05, 0) is 30.9 Å². The number of aromatic nitrogens is 1. The summed E-state index contributed by atoms with van der Waals surface area (Å²) >= 11 is 0. The van der Waals surface area contributed by atoms with Crippen molar-refractivity contribution >= 4 is 0 Å². The highest BCUT2D eigenvalue weighted by atomic mass is 16.5. The summed E-state index contributed by atoms with van der Waals surface area (Å²) in [4.78, 5) is 0. The van der Waals surface area contributed by atoms with Crippen molar-refractivity contribution < 1.29 is 4.74 Å². The highest BCUT2D eigenvalue weighted by Gasteiger charge is 2.04. The second-order valence-electron chi connectivity index (χ2n) is 3.90. The highest BCUT2D eigenvalue weighted by molar-refractivity contribution is 5.14. The molecule has 0 saturated heterocycles. The van der Waals surface area contributed by atoms with Gasteiger partial charge < -0.3 is 15.0 Å². The van der Waals surface area contributed by atoms with Crippen LogP contribution in [0.15, 0.2) is 18.5 Å². The molecule has 0 radical (unpaired) electrons. The van der Waals surface area contributed by atoms with E-state index in [0.29, 0.717) is 0 Å². The lowest BCUT2D eigenvalue weighted by molar-refractivity contribution is 0.191. The number of hydrogen-bond donors (Lipinski definition) is 1. The van der Waals surface area contributed by atoms with E-state index in [0.717, 1.165) is 32.4 Å². The molecule has 1 aromatic heterocycles. The third kappa shape index (κ3) is 4.06. The summed E-state index contributed by atoms with van der Waals surface area (Å²) in [7, 11) is 1.74. The van der Waals surface area contributed by atoms with E-state index in [1.54, 1.807) is 7.11 Å². The van der Waals surface area contributed by atoms with Gasteiger partial charge in [0.2, 0.25) is 0 Å². The smallest absolute Gasteiger partial charge is 0.0462 e. The Morgan fingerprint density at radius 2 is 2.27 bits per heavy atom. The molecule has 0 aliphatic carbocycles. The van der Waals surface area contributed by atoms with Gasteiger partial charge in [-0.1, -0.05) is 6.92 Å². The molecule has 3 nitrogen and oxygen atoms in total. The average molecular weight is 210 g/mol. The Labute approximate surface area is 92.2 Å². The van der Waals surface area contributed by atoms with Gasteiger partial charge in [0.25, 0.3) is 0 Å². The maximum atomic E-state index is 5.95. The molecule has 1 atom stereocenters. The lowest BCUT2D eigenvalue weighted by atomic mass is 10.1. The van der Waals surface area contributed by atoms with Crippen LogP contribution in [0.25, 0.3) is 0 Å². The van der Waals surface area contributed by atoms with Crippen LogP contribution in [0.2, 0.25) is 0 Å². The maximum Gasteiger partial charge on any atom is 0.0462 e. The van der Waals surface area contributed by atoms with Crippen LogP contribution in [-0.4, -0.2) is 18.3 Å². The van der Waals surface area contributed by atoms with E-state index in [1.807, 2.05) is 0 Å². The molecule has 0 amide bonds. The van der Waals surface area contributed by atoms with Gasteiger partial charge >= 0.3 is 0 Å². The van der Waals surface area contributed by atoms with Crippen LogP contribution in [-0.2, 0) is 11.3 Å². The zero-order valence-electron chi connectivity index (χ0n) is 9.78. The van der Waals surface area contributed by atoms with Gasteiger partial charge in [-0.25, -0.2) is 0 Å². The molecule has 3 heteroatoms. The SMILES string of the molecule is CCC(N)c1ccn(CCCCOC)c1. The molecule has 0 saturated carbocycles. The molecule has 0 bridgehead atoms. The van der Waals surface area contributed by atoms with E-state index < -0.39 is 0 Å². The lowest BCUT2D eigenvalue weighted by Gasteiger charge is -2.05. The van der Waals surface area contributed by atoms with Gasteiger partial charge in [0.15, 0.2) is 0 Å². The van der Waals surface area contributed by atoms with Gasteiger partial charge in [-0.2, -0.15) is 0 Å². The fourth-order valence-corrected chi connectivity index (χ4v) is 1.59. The van der Waals surface area contributed by atoms with Crippen LogP contribution >= 0.6 is 0 Å². The minimum absolute atomic E-state index is 0.185. The van der Waals surface area contributed by atoms with Crippen molar-refractivity contribution in [2.75, 3.05) is 13.7 Å². The molecule has 0 aliphatic heterocycles. The van der Waals surface area contributed by atoms with Gasteiger partial charge in [-0.15, -0.1) is 0 Å². The maximum absolute atomic E-state index is 5.95. The molecule has 1 aromatic rings. The summed E-state index contributed by atoms with van der Waals surface area (Å²) in [5.41, 5.74) is 7.19. The average Bonchev–Trinajstić information content (AvgIpc) is 2.72. The van der Waals surface area contributed by atoms with Crippen molar-refractivity contribution in [2.45, 2.75) is 38.8 Å². The van der Waals surface area contributed by atoms with E-state index in [1.165, 1.54) is 5.56 Å². The second kappa shape index (κ2) is 6.64. The first kappa shape index (κ1) is 12.3. The van der Waals surface area contributed by atoms with Gasteiger partial charge in [0.1, 0.15) is 0 Å². The fraction of sp³-hybridized carbons (Fsp3) is 0.667. The molecule has 1 unspecified atom stereocenters. The number of nitrogens with two attached hydrogens (primary N) is 1. The molecular formula is C12H22N2O. The first-order valence-corrected chi connectivity index (χ1v) is 5.68. The predicted molar refractivity (Wildman–Crippen MR) is 62.8 cm³/mol. The van der Waals surface area contributed by atoms with Crippen LogP contribution in [0.1, 0.15) is 37.8 Å². The molecule has 2 N–H and O–H groups in total. The molecule has 0 fully saturated rings. The Morgan fingerprint density at radius 3 is 2.93 bits per heavy atom. The van der Waals surface area contributed by atoms with E-state index in [-0.39, 0.29) is 6.04 Å². The first-order valence-electron chi connectivity index (χ1n) is 5.68. The third-order valence-electron chi connectivity index (χ3n) is 2.66. The van der Waals surface area contributed by atoms with Crippen molar-refractivity contribution in [3.05, 3.63) is 24.0 Å². The highest BCUT2D eigenvalue weighted by Crippen LogP contribution is 2.14. The van der Waals surface area contributed by atoms with Gasteiger partial charge in [0, 0.05) is 38.7 Å². The van der Waals surface area contributed by atoms with E-state index >= 15 is 0 Å². The van der Waals surface area contributed by atoms with Crippen LogP contribution in [0.4, 0.5) is 0 Å². The van der Waals surface area contributed by atoms with Crippen LogP contribution in [0.3, 0.4) is 0 Å². The number of unbranched alkanes of at least 4 members (excludes halogenated alkanes) is 1. The Balaban J connectivity index is 2.33. The summed E-state index contributed by atoms with van der Waals surface area (Å²) in [5.74, 6) is 0. The summed E-state index contributed by atoms with van der Waals surface area (Å²) < 4.78 is 7.22. The third-order valence-corrected chi connectivity index (χ3v) is 2.66. The standard InChI is InChI=1S/C12H22N2O/c1-3-12(13)11-6-8-14(10-11)7-4-5-9-15-2/h6,8,10,12H,3-5,7,9,13H2,1-2H3. The first-order chi connectivity index (χ1) is 7.27. The van der Waals surface area contributed by atoms with Gasteiger partial charge in [0.05, 0.1) is 0 Å². The fourth-order valence-electron chi connectivity index (χ4n) is 1.59. The van der Waals surface area contributed by atoms with E-state index in [4.69, 9.17) is 10.5 Å². The Hall–Kier alpha value is -0.800. The molecule has 1 heterocycles. The molecule has 0 aliphatic rings. The topological polar surface area (TPSA) is 40.2 Å². The largest absolute Gasteiger partial charge is 0.385 e. The summed E-state index contributed by atoms with van der Waals surface area (Å²) in [6, 6.07) is 2.30.